The Bertz CT molecular complexity index is 101. The van der Waals surface area contributed by atoms with Crippen LogP contribution in [0.5, 0.6) is 0 Å². The van der Waals surface area contributed by atoms with E-state index in [9.17, 15) is 4.79 Å². The van der Waals surface area contributed by atoms with E-state index in [-0.39, 0.29) is 5.91 Å². The van der Waals surface area contributed by atoms with Gasteiger partial charge >= 0.3 is 0 Å². The summed E-state index contributed by atoms with van der Waals surface area (Å²) in [5, 5.41) is 2.68. The molecule has 0 spiro atoms. The molecule has 0 saturated heterocycles. The molecule has 2 nitrogen and oxygen atoms in total. The highest BCUT2D eigenvalue weighted by molar-refractivity contribution is 5.79. The Hall–Kier alpha value is -0.530. The molecule has 0 rings (SSSR count). The summed E-state index contributed by atoms with van der Waals surface area (Å²) in [7, 11) is 0. The first kappa shape index (κ1) is 9.47. The third kappa shape index (κ3) is 5.60. The summed E-state index contributed by atoms with van der Waals surface area (Å²) in [6.07, 6.45) is 2.34. The second-order valence-corrected chi connectivity index (χ2v) is 2.70. The molecule has 0 saturated carbocycles. The Morgan fingerprint density at radius 2 is 2.30 bits per heavy atom. The second-order valence-electron chi connectivity index (χ2n) is 2.70. The van der Waals surface area contributed by atoms with Gasteiger partial charge in [-0.15, -0.1) is 0 Å². The number of hydrogen-bond donors (Lipinski definition) is 1. The van der Waals surface area contributed by atoms with Gasteiger partial charge in [-0.3, -0.25) is 4.79 Å². The second kappa shape index (κ2) is 5.27. The zero-order valence-electron chi connectivity index (χ0n) is 6.81. The van der Waals surface area contributed by atoms with Crippen LogP contribution in [0.1, 0.15) is 26.7 Å². The van der Waals surface area contributed by atoms with Crippen molar-refractivity contribution in [3.63, 3.8) is 0 Å². The minimum atomic E-state index is -0.178. The smallest absolute Gasteiger partial charge is 0.220 e. The van der Waals surface area contributed by atoms with Gasteiger partial charge in [-0.2, -0.15) is 0 Å². The van der Waals surface area contributed by atoms with E-state index in [4.69, 9.17) is 0 Å². The molecule has 0 aromatic heterocycles. The van der Waals surface area contributed by atoms with Crippen LogP contribution >= 0.6 is 0 Å². The predicted molar refractivity (Wildman–Crippen MR) is 42.4 cm³/mol. The minimum Gasteiger partial charge on any atom is -0.356 e. The molecule has 0 fully saturated rings. The van der Waals surface area contributed by atoms with E-state index in [1.165, 1.54) is 12.8 Å². The minimum absolute atomic E-state index is 0.178. The van der Waals surface area contributed by atoms with Crippen molar-refractivity contribution in [2.24, 2.45) is 5.92 Å². The van der Waals surface area contributed by atoms with E-state index in [2.05, 4.69) is 26.1 Å². The Morgan fingerprint density at radius 3 is 2.70 bits per heavy atom. The van der Waals surface area contributed by atoms with Crippen molar-refractivity contribution < 1.29 is 4.79 Å². The van der Waals surface area contributed by atoms with Crippen LogP contribution in [0, 0.1) is 12.8 Å². The van der Waals surface area contributed by atoms with Crippen LogP contribution in [0.2, 0.25) is 0 Å². The first-order valence-electron chi connectivity index (χ1n) is 3.76. The fourth-order valence-electron chi connectivity index (χ4n) is 0.883. The molecule has 0 heterocycles. The van der Waals surface area contributed by atoms with Gasteiger partial charge in [0.2, 0.25) is 5.91 Å². The Kier molecular flexibility index (Phi) is 4.99. The van der Waals surface area contributed by atoms with Crippen LogP contribution in [0.3, 0.4) is 0 Å². The van der Waals surface area contributed by atoms with Crippen LogP contribution in [-0.2, 0) is 4.79 Å². The summed E-state index contributed by atoms with van der Waals surface area (Å²) in [6.45, 7) is 8.25. The van der Waals surface area contributed by atoms with E-state index in [1.807, 2.05) is 0 Å². The zero-order valence-corrected chi connectivity index (χ0v) is 6.81. The van der Waals surface area contributed by atoms with Crippen LogP contribution < -0.4 is 5.32 Å². The van der Waals surface area contributed by atoms with Crippen molar-refractivity contribution in [1.29, 1.82) is 0 Å². The van der Waals surface area contributed by atoms with E-state index in [0.717, 1.165) is 6.54 Å². The SMILES string of the molecule is [CH2]C(=O)NCC(C)CCC. The van der Waals surface area contributed by atoms with Gasteiger partial charge in [0.25, 0.3) is 0 Å². The number of amides is 1. The quantitative estimate of drug-likeness (QED) is 0.631. The summed E-state index contributed by atoms with van der Waals surface area (Å²) in [4.78, 5) is 10.3. The van der Waals surface area contributed by atoms with E-state index in [0.29, 0.717) is 5.92 Å². The summed E-state index contributed by atoms with van der Waals surface area (Å²) in [6, 6.07) is 0. The Balaban J connectivity index is 3.21. The molecule has 0 aliphatic heterocycles. The summed E-state index contributed by atoms with van der Waals surface area (Å²) in [5.41, 5.74) is 0. The maximum Gasteiger partial charge on any atom is 0.220 e. The summed E-state index contributed by atoms with van der Waals surface area (Å²) in [5.74, 6) is 0.402. The van der Waals surface area contributed by atoms with Crippen LogP contribution in [0.15, 0.2) is 0 Å². The molecule has 1 unspecified atom stereocenters. The molecule has 1 N–H and O–H groups in total. The van der Waals surface area contributed by atoms with Crippen molar-refractivity contribution in [2.75, 3.05) is 6.54 Å². The molecule has 1 radical (unpaired) electrons. The third-order valence-electron chi connectivity index (χ3n) is 1.43. The first-order chi connectivity index (χ1) is 4.66. The maximum absolute atomic E-state index is 10.3. The Morgan fingerprint density at radius 1 is 1.70 bits per heavy atom. The molecule has 10 heavy (non-hydrogen) atoms. The molecule has 0 bridgehead atoms. The molecule has 2 heteroatoms. The van der Waals surface area contributed by atoms with Crippen LogP contribution in [-0.4, -0.2) is 12.5 Å². The van der Waals surface area contributed by atoms with Gasteiger partial charge in [-0.05, 0) is 12.3 Å². The number of nitrogens with one attached hydrogen (secondary N) is 1. The van der Waals surface area contributed by atoms with Gasteiger partial charge in [0.05, 0.1) is 0 Å². The lowest BCUT2D eigenvalue weighted by molar-refractivity contribution is -0.116. The molecule has 0 aliphatic rings. The fourth-order valence-corrected chi connectivity index (χ4v) is 0.883. The average molecular weight is 142 g/mol. The van der Waals surface area contributed by atoms with Crippen molar-refractivity contribution in [2.45, 2.75) is 26.7 Å². The Labute approximate surface area is 63.0 Å². The van der Waals surface area contributed by atoms with Gasteiger partial charge < -0.3 is 5.32 Å². The molecular weight excluding hydrogens is 126 g/mol. The van der Waals surface area contributed by atoms with E-state index < -0.39 is 0 Å². The van der Waals surface area contributed by atoms with Crippen molar-refractivity contribution in [3.8, 4) is 0 Å². The van der Waals surface area contributed by atoms with Gasteiger partial charge in [0, 0.05) is 13.5 Å². The number of hydrogen-bond acceptors (Lipinski definition) is 1. The normalized spacial score (nSPS) is 12.7. The highest BCUT2D eigenvalue weighted by Gasteiger charge is 1.99. The number of rotatable bonds is 4. The molecule has 1 atom stereocenters. The standard InChI is InChI=1S/C8H16NO/c1-4-5-7(2)6-9-8(3)10/h7H,3-6H2,1-2H3,(H,9,10). The third-order valence-corrected chi connectivity index (χ3v) is 1.43. The van der Waals surface area contributed by atoms with Gasteiger partial charge in [0.1, 0.15) is 0 Å². The zero-order chi connectivity index (χ0) is 7.98. The monoisotopic (exact) mass is 142 g/mol. The summed E-state index contributed by atoms with van der Waals surface area (Å²) < 4.78 is 0. The molecule has 1 amide bonds. The van der Waals surface area contributed by atoms with Crippen molar-refractivity contribution in [1.82, 2.24) is 5.32 Å². The lowest BCUT2D eigenvalue weighted by Gasteiger charge is -2.08. The maximum atomic E-state index is 10.3. The predicted octanol–water partition coefficient (Wildman–Crippen LogP) is 1.37. The largest absolute Gasteiger partial charge is 0.356 e. The molecule has 0 aromatic rings. The molecule has 0 aromatic carbocycles. The highest BCUT2D eigenvalue weighted by Crippen LogP contribution is 2.01. The molecule has 59 valence electrons. The van der Waals surface area contributed by atoms with E-state index in [1.54, 1.807) is 0 Å². The van der Waals surface area contributed by atoms with Crippen LogP contribution in [0.25, 0.3) is 0 Å². The van der Waals surface area contributed by atoms with Gasteiger partial charge in [-0.1, -0.05) is 20.3 Å². The van der Waals surface area contributed by atoms with E-state index >= 15 is 0 Å². The first-order valence-corrected chi connectivity index (χ1v) is 3.76. The summed E-state index contributed by atoms with van der Waals surface area (Å²) >= 11 is 0. The lowest BCUT2D eigenvalue weighted by Crippen LogP contribution is -2.25. The van der Waals surface area contributed by atoms with Crippen LogP contribution in [0.4, 0.5) is 0 Å². The average Bonchev–Trinajstić information content (AvgIpc) is 1.85. The highest BCUT2D eigenvalue weighted by atomic mass is 16.1. The topological polar surface area (TPSA) is 29.1 Å². The van der Waals surface area contributed by atoms with Gasteiger partial charge in [-0.25, -0.2) is 0 Å². The van der Waals surface area contributed by atoms with Crippen molar-refractivity contribution in [3.05, 3.63) is 6.92 Å². The molecule has 0 aliphatic carbocycles. The van der Waals surface area contributed by atoms with Gasteiger partial charge in [0.15, 0.2) is 0 Å². The van der Waals surface area contributed by atoms with Crippen molar-refractivity contribution >= 4 is 5.91 Å². The fraction of sp³-hybridized carbons (Fsp3) is 0.750. The molecular formula is C8H16NO. The number of carbonyl (C=O) groups is 1. The number of carbonyl (C=O) groups excluding carboxylic acids is 1. The lowest BCUT2D eigenvalue weighted by atomic mass is 10.1.